The number of allylic oxidation sites excluding steroid dienone is 3. The molecule has 5 rings (SSSR count). The Labute approximate surface area is 235 Å². The minimum absolute atomic E-state index is 0.120. The third-order valence-electron chi connectivity index (χ3n) is 8.09. The van der Waals surface area contributed by atoms with Gasteiger partial charge in [0.05, 0.1) is 17.3 Å². The Balaban J connectivity index is 1.34. The topological polar surface area (TPSA) is 75.7 Å². The summed E-state index contributed by atoms with van der Waals surface area (Å²) in [5.41, 5.74) is 4.55. The summed E-state index contributed by atoms with van der Waals surface area (Å²) in [6.45, 7) is 7.14. The summed E-state index contributed by atoms with van der Waals surface area (Å²) in [4.78, 5) is 11.4. The van der Waals surface area contributed by atoms with Crippen molar-refractivity contribution in [2.24, 2.45) is 11.8 Å². The Morgan fingerprint density at radius 1 is 1.10 bits per heavy atom. The number of pyridine rings is 1. The maximum Gasteiger partial charge on any atom is 0.130 e. The van der Waals surface area contributed by atoms with Crippen molar-refractivity contribution >= 4 is 11.4 Å². The molecule has 0 saturated carbocycles. The predicted molar refractivity (Wildman–Crippen MR) is 153 cm³/mol. The van der Waals surface area contributed by atoms with E-state index in [1.54, 1.807) is 5.01 Å². The average molecular weight is 546 g/mol. The van der Waals surface area contributed by atoms with E-state index in [9.17, 15) is 14.0 Å². The quantitative estimate of drug-likeness (QED) is 0.400. The van der Waals surface area contributed by atoms with Gasteiger partial charge in [0, 0.05) is 68.4 Å². The van der Waals surface area contributed by atoms with Crippen LogP contribution in [0.2, 0.25) is 0 Å². The van der Waals surface area contributed by atoms with Gasteiger partial charge in [-0.2, -0.15) is 5.26 Å². The van der Waals surface area contributed by atoms with Gasteiger partial charge in [0.25, 0.3) is 0 Å². The number of halogens is 2. The molecule has 210 valence electrons. The largest absolute Gasteiger partial charge is 0.354 e. The lowest BCUT2D eigenvalue weighted by Crippen LogP contribution is -2.46. The molecule has 0 spiro atoms. The first-order chi connectivity index (χ1) is 19.4. The highest BCUT2D eigenvalue weighted by atomic mass is 19.1. The number of rotatable bonds is 7. The lowest BCUT2D eigenvalue weighted by atomic mass is 9.89. The van der Waals surface area contributed by atoms with Gasteiger partial charge in [-0.3, -0.25) is 9.91 Å². The van der Waals surface area contributed by atoms with Crippen LogP contribution in [0.25, 0.3) is 5.57 Å². The molecule has 1 unspecified atom stereocenters. The number of piperazine rings is 1. The zero-order valence-electron chi connectivity index (χ0n) is 23.3. The highest BCUT2D eigenvalue weighted by Crippen LogP contribution is 2.37. The number of nitrogens with two attached hydrogens (primary N) is 1. The molecule has 2 aromatic rings. The number of benzene rings is 1. The summed E-state index contributed by atoms with van der Waals surface area (Å²) >= 11 is 0. The minimum Gasteiger partial charge on any atom is -0.354 e. The highest BCUT2D eigenvalue weighted by molar-refractivity contribution is 5.83. The summed E-state index contributed by atoms with van der Waals surface area (Å²) in [5.74, 6) is 6.80. The number of nitrogens with zero attached hydrogens (tertiary/aromatic N) is 6. The lowest BCUT2D eigenvalue weighted by molar-refractivity contribution is 0.242. The molecule has 9 heteroatoms. The fraction of sp³-hybridized carbons (Fsp3) is 0.419. The van der Waals surface area contributed by atoms with Crippen LogP contribution in [0.5, 0.6) is 0 Å². The van der Waals surface area contributed by atoms with E-state index in [4.69, 9.17) is 10.8 Å². The van der Waals surface area contributed by atoms with Crippen molar-refractivity contribution < 1.29 is 8.78 Å². The molecule has 40 heavy (non-hydrogen) atoms. The molecule has 0 bridgehead atoms. The molecule has 4 heterocycles. The van der Waals surface area contributed by atoms with E-state index < -0.39 is 11.6 Å². The van der Waals surface area contributed by atoms with Crippen molar-refractivity contribution in [1.29, 1.82) is 5.26 Å². The Kier molecular flexibility index (Phi) is 8.60. The van der Waals surface area contributed by atoms with E-state index >= 15 is 0 Å². The molecule has 2 fully saturated rings. The van der Waals surface area contributed by atoms with Crippen LogP contribution in [0, 0.1) is 28.9 Å². The van der Waals surface area contributed by atoms with E-state index in [1.165, 1.54) is 23.8 Å². The molecule has 7 nitrogen and oxygen atoms in total. The van der Waals surface area contributed by atoms with Gasteiger partial charge in [0.1, 0.15) is 17.5 Å². The number of likely N-dealkylation sites (tertiary alicyclic amines) is 1. The summed E-state index contributed by atoms with van der Waals surface area (Å²) in [5, 5.41) is 11.6. The summed E-state index contributed by atoms with van der Waals surface area (Å²) in [6.07, 6.45) is 8.60. The molecule has 0 amide bonds. The zero-order valence-corrected chi connectivity index (χ0v) is 23.3. The van der Waals surface area contributed by atoms with Gasteiger partial charge in [0.15, 0.2) is 0 Å². The normalized spacial score (nSPS) is 21.8. The first-order valence-corrected chi connectivity index (χ1v) is 14.0. The number of hydrogen-bond acceptors (Lipinski definition) is 7. The highest BCUT2D eigenvalue weighted by Gasteiger charge is 2.29. The van der Waals surface area contributed by atoms with Crippen LogP contribution < -0.4 is 10.7 Å². The summed E-state index contributed by atoms with van der Waals surface area (Å²) < 4.78 is 28.2. The third kappa shape index (κ3) is 5.94. The molecular formula is C31H37F2N7. The van der Waals surface area contributed by atoms with E-state index in [-0.39, 0.29) is 12.1 Å². The molecule has 3 aliphatic heterocycles. The van der Waals surface area contributed by atoms with Gasteiger partial charge >= 0.3 is 0 Å². The number of aromatic nitrogens is 1. The second-order valence-corrected chi connectivity index (χ2v) is 10.9. The molecular weight excluding hydrogens is 508 g/mol. The molecule has 0 aliphatic carbocycles. The van der Waals surface area contributed by atoms with Crippen LogP contribution in [0.4, 0.5) is 14.6 Å². The Morgan fingerprint density at radius 2 is 1.85 bits per heavy atom. The van der Waals surface area contributed by atoms with Crippen molar-refractivity contribution in [2.45, 2.75) is 32.7 Å². The van der Waals surface area contributed by atoms with Crippen LogP contribution in [-0.2, 0) is 6.54 Å². The maximum absolute atomic E-state index is 14.1. The number of nitriles is 1. The lowest BCUT2D eigenvalue weighted by Gasteiger charge is -2.35. The third-order valence-corrected chi connectivity index (χ3v) is 8.09. The van der Waals surface area contributed by atoms with Crippen LogP contribution in [0.1, 0.15) is 37.3 Å². The first kappa shape index (κ1) is 28.0. The second-order valence-electron chi connectivity index (χ2n) is 10.9. The Morgan fingerprint density at radius 3 is 2.45 bits per heavy atom. The Hall–Kier alpha value is -3.58. The summed E-state index contributed by atoms with van der Waals surface area (Å²) in [7, 11) is 2.13. The Bertz CT molecular complexity index is 1330. The van der Waals surface area contributed by atoms with Gasteiger partial charge in [-0.25, -0.2) is 19.6 Å². The summed E-state index contributed by atoms with van der Waals surface area (Å²) in [6, 6.07) is 10.4. The van der Waals surface area contributed by atoms with Crippen LogP contribution in [-0.4, -0.2) is 66.1 Å². The fourth-order valence-corrected chi connectivity index (χ4v) is 5.86. The van der Waals surface area contributed by atoms with Crippen LogP contribution in [0.15, 0.2) is 65.6 Å². The van der Waals surface area contributed by atoms with Crippen molar-refractivity contribution in [2.75, 3.05) is 51.2 Å². The fourth-order valence-electron chi connectivity index (χ4n) is 5.86. The average Bonchev–Trinajstić information content (AvgIpc) is 3.40. The van der Waals surface area contributed by atoms with Gasteiger partial charge in [-0.05, 0) is 68.3 Å². The predicted octanol–water partition coefficient (Wildman–Crippen LogP) is 4.67. The number of hydrogen-bond donors (Lipinski definition) is 1. The molecule has 0 radical (unpaired) electrons. The number of hydrazine groups is 1. The van der Waals surface area contributed by atoms with Crippen LogP contribution >= 0.6 is 0 Å². The van der Waals surface area contributed by atoms with Gasteiger partial charge in [-0.15, -0.1) is 0 Å². The van der Waals surface area contributed by atoms with Crippen molar-refractivity contribution in [3.8, 4) is 6.07 Å². The van der Waals surface area contributed by atoms with Crippen LogP contribution in [0.3, 0.4) is 0 Å². The SMILES string of the molecule is CCC/C(C#N)=C1/C(c2ccc(N3CCN(Cc4c(F)cccc4F)CC3)nc2)=CC(C2CCN(C)C2)=CN1N. The van der Waals surface area contributed by atoms with Crippen molar-refractivity contribution in [3.63, 3.8) is 0 Å². The van der Waals surface area contributed by atoms with E-state index in [1.807, 2.05) is 24.5 Å². The van der Waals surface area contributed by atoms with Crippen molar-refractivity contribution in [3.05, 3.63) is 88.4 Å². The van der Waals surface area contributed by atoms with E-state index in [2.05, 4.69) is 40.8 Å². The minimum atomic E-state index is -0.502. The molecule has 1 aromatic carbocycles. The maximum atomic E-state index is 14.1. The molecule has 3 aliphatic rings. The van der Waals surface area contributed by atoms with E-state index in [0.29, 0.717) is 44.1 Å². The second kappa shape index (κ2) is 12.3. The smallest absolute Gasteiger partial charge is 0.130 e. The van der Waals surface area contributed by atoms with Gasteiger partial charge < -0.3 is 9.80 Å². The van der Waals surface area contributed by atoms with Crippen molar-refractivity contribution in [1.82, 2.24) is 19.8 Å². The number of anilines is 1. The molecule has 1 aromatic heterocycles. The monoisotopic (exact) mass is 545 g/mol. The first-order valence-electron chi connectivity index (χ1n) is 14.0. The van der Waals surface area contributed by atoms with E-state index in [0.717, 1.165) is 48.6 Å². The standard InChI is InChI=1S/C31H37F2N7/c1-3-5-22(17-34)31-26(16-25(20-40(31)35)24-10-11-37(2)19-24)23-8-9-30(36-18-23)39-14-12-38(13-15-39)21-27-28(32)6-4-7-29(27)33/h4,6-9,16,18,20,24H,3,5,10-15,19,21,35H2,1-2H3/b31-22+. The molecule has 2 saturated heterocycles. The van der Waals surface area contributed by atoms with Gasteiger partial charge in [0.2, 0.25) is 0 Å². The molecule has 1 atom stereocenters. The van der Waals surface area contributed by atoms with Gasteiger partial charge in [-0.1, -0.05) is 19.4 Å². The zero-order chi connectivity index (χ0) is 28.2. The molecule has 2 N–H and O–H groups in total.